The first-order valence-corrected chi connectivity index (χ1v) is 4.24. The summed E-state index contributed by atoms with van der Waals surface area (Å²) >= 11 is 5.85. The van der Waals surface area contributed by atoms with Crippen LogP contribution in [0.2, 0.25) is 5.15 Å². The fourth-order valence-electron chi connectivity index (χ4n) is 0.971. The van der Waals surface area contributed by atoms with Gasteiger partial charge in [-0.15, -0.1) is 5.10 Å². The van der Waals surface area contributed by atoms with Crippen LogP contribution in [0.1, 0.15) is 20.8 Å². The van der Waals surface area contributed by atoms with E-state index < -0.39 is 5.95 Å². The van der Waals surface area contributed by atoms with Crippen molar-refractivity contribution < 1.29 is 9.13 Å². The molecule has 0 saturated carbocycles. The second kappa shape index (κ2) is 3.18. The molecule has 0 N–H and O–H groups in total. The van der Waals surface area contributed by atoms with Crippen molar-refractivity contribution in [3.05, 3.63) is 11.1 Å². The maximum atomic E-state index is 13.1. The molecule has 1 rings (SSSR count). The molecule has 1 heterocycles. The molecule has 0 radical (unpaired) electrons. The summed E-state index contributed by atoms with van der Waals surface area (Å²) in [6.45, 7) is 5.64. The average molecular weight is 207 g/mol. The van der Waals surface area contributed by atoms with E-state index in [0.29, 0.717) is 0 Å². The van der Waals surface area contributed by atoms with Crippen LogP contribution in [0.15, 0.2) is 0 Å². The van der Waals surface area contributed by atoms with Crippen molar-refractivity contribution in [3.63, 3.8) is 0 Å². The second-order valence-corrected chi connectivity index (χ2v) is 4.06. The number of halogens is 2. The summed E-state index contributed by atoms with van der Waals surface area (Å²) in [6.07, 6.45) is 0. The van der Waals surface area contributed by atoms with E-state index in [1.165, 1.54) is 11.8 Å². The molecule has 0 spiro atoms. The quantitative estimate of drug-likeness (QED) is 0.706. The number of hydrogen-bond donors (Lipinski definition) is 0. The van der Waals surface area contributed by atoms with Gasteiger partial charge in [-0.1, -0.05) is 11.6 Å². The van der Waals surface area contributed by atoms with Crippen molar-refractivity contribution in [3.8, 4) is 5.75 Å². The third-order valence-corrected chi connectivity index (χ3v) is 1.92. The van der Waals surface area contributed by atoms with Crippen molar-refractivity contribution in [2.75, 3.05) is 7.11 Å². The van der Waals surface area contributed by atoms with Gasteiger partial charge in [-0.3, -0.25) is 0 Å². The highest BCUT2D eigenvalue weighted by atomic mass is 35.5. The van der Waals surface area contributed by atoms with Gasteiger partial charge in [0, 0.05) is 0 Å². The van der Waals surface area contributed by atoms with E-state index in [-0.39, 0.29) is 16.4 Å². The maximum Gasteiger partial charge on any atom is 0.276 e. The summed E-state index contributed by atoms with van der Waals surface area (Å²) in [6, 6.07) is 0. The van der Waals surface area contributed by atoms with Gasteiger partial charge >= 0.3 is 0 Å². The molecule has 0 bridgehead atoms. The highest BCUT2D eigenvalue weighted by molar-refractivity contribution is 6.31. The Morgan fingerprint density at radius 3 is 2.23 bits per heavy atom. The largest absolute Gasteiger partial charge is 0.490 e. The van der Waals surface area contributed by atoms with Crippen molar-refractivity contribution in [2.45, 2.75) is 26.3 Å². The minimum Gasteiger partial charge on any atom is -0.490 e. The van der Waals surface area contributed by atoms with E-state index >= 15 is 0 Å². The van der Waals surface area contributed by atoms with Crippen LogP contribution in [0.5, 0.6) is 5.75 Å². The van der Waals surface area contributed by atoms with Gasteiger partial charge in [0.05, 0.1) is 12.6 Å². The predicted molar refractivity (Wildman–Crippen MR) is 48.7 cm³/mol. The molecule has 3 nitrogen and oxygen atoms in total. The zero-order valence-electron chi connectivity index (χ0n) is 8.06. The zero-order chi connectivity index (χ0) is 10.2. The molecule has 0 aliphatic carbocycles. The Kier molecular flexibility index (Phi) is 2.52. The first kappa shape index (κ1) is 10.3. The van der Waals surface area contributed by atoms with Crippen molar-refractivity contribution in [2.24, 2.45) is 0 Å². The summed E-state index contributed by atoms with van der Waals surface area (Å²) in [4.78, 5) is 0. The summed E-state index contributed by atoms with van der Waals surface area (Å²) in [7, 11) is 1.36. The number of aromatic nitrogens is 2. The average Bonchev–Trinajstić information content (AvgIpc) is 2.25. The van der Waals surface area contributed by atoms with Crippen LogP contribution in [-0.2, 0) is 5.54 Å². The van der Waals surface area contributed by atoms with Crippen LogP contribution < -0.4 is 4.74 Å². The van der Waals surface area contributed by atoms with Crippen LogP contribution in [0.3, 0.4) is 0 Å². The molecule has 0 amide bonds. The van der Waals surface area contributed by atoms with Crippen LogP contribution in [0.25, 0.3) is 0 Å². The summed E-state index contributed by atoms with van der Waals surface area (Å²) in [5.74, 6) is -0.681. The fourth-order valence-corrected chi connectivity index (χ4v) is 1.42. The van der Waals surface area contributed by atoms with Crippen LogP contribution in [-0.4, -0.2) is 16.9 Å². The Morgan fingerprint density at radius 2 is 2.00 bits per heavy atom. The van der Waals surface area contributed by atoms with Gasteiger partial charge in [0.2, 0.25) is 5.75 Å². The molecule has 13 heavy (non-hydrogen) atoms. The number of nitrogens with zero attached hydrogens (tertiary/aromatic N) is 2. The van der Waals surface area contributed by atoms with Gasteiger partial charge in [0.15, 0.2) is 5.15 Å². The van der Waals surface area contributed by atoms with Gasteiger partial charge in [-0.2, -0.15) is 4.39 Å². The van der Waals surface area contributed by atoms with Crippen molar-refractivity contribution in [1.29, 1.82) is 0 Å². The Balaban J connectivity index is 3.26. The highest BCUT2D eigenvalue weighted by Crippen LogP contribution is 2.31. The lowest BCUT2D eigenvalue weighted by Crippen LogP contribution is -2.23. The molecule has 74 valence electrons. The van der Waals surface area contributed by atoms with E-state index in [2.05, 4.69) is 5.10 Å². The smallest absolute Gasteiger partial charge is 0.276 e. The summed E-state index contributed by atoms with van der Waals surface area (Å²) in [5, 5.41) is 3.83. The first-order valence-electron chi connectivity index (χ1n) is 3.86. The highest BCUT2D eigenvalue weighted by Gasteiger charge is 2.24. The molecule has 0 unspecified atom stereocenters. The third kappa shape index (κ3) is 1.77. The normalized spacial score (nSPS) is 11.8. The predicted octanol–water partition coefficient (Wildman–Crippen LogP) is 2.44. The lowest BCUT2D eigenvalue weighted by Gasteiger charge is -2.19. The number of methoxy groups -OCH3 is 1. The fraction of sp³-hybridized carbons (Fsp3) is 0.625. The zero-order valence-corrected chi connectivity index (χ0v) is 8.81. The third-order valence-electron chi connectivity index (χ3n) is 1.59. The standard InChI is InChI=1S/C8H12ClFN2O/c1-8(2,3)12-6(9)5(13-4)7(10)11-12/h1-4H3. The molecule has 1 aromatic rings. The maximum absolute atomic E-state index is 13.1. The molecule has 0 aromatic carbocycles. The minimum atomic E-state index is -0.678. The van der Waals surface area contributed by atoms with E-state index in [0.717, 1.165) is 0 Å². The Bertz CT molecular complexity index is 317. The molecule has 1 aromatic heterocycles. The van der Waals surface area contributed by atoms with Crippen molar-refractivity contribution >= 4 is 11.6 Å². The van der Waals surface area contributed by atoms with Crippen molar-refractivity contribution in [1.82, 2.24) is 9.78 Å². The lowest BCUT2D eigenvalue weighted by atomic mass is 10.1. The number of ether oxygens (including phenoxy) is 1. The lowest BCUT2D eigenvalue weighted by molar-refractivity contribution is 0.342. The van der Waals surface area contributed by atoms with Gasteiger partial charge in [0.1, 0.15) is 0 Å². The van der Waals surface area contributed by atoms with Crippen LogP contribution in [0, 0.1) is 5.95 Å². The molecule has 0 atom stereocenters. The van der Waals surface area contributed by atoms with E-state index in [4.69, 9.17) is 16.3 Å². The molecule has 0 saturated heterocycles. The molecule has 0 aliphatic rings. The molecule has 0 aliphatic heterocycles. The summed E-state index contributed by atoms with van der Waals surface area (Å²) in [5.41, 5.74) is -0.352. The molecular formula is C8H12ClFN2O. The minimum absolute atomic E-state index is 0.00316. The van der Waals surface area contributed by atoms with Gasteiger partial charge in [0.25, 0.3) is 5.95 Å². The van der Waals surface area contributed by atoms with Gasteiger partial charge in [-0.25, -0.2) is 4.68 Å². The van der Waals surface area contributed by atoms with Gasteiger partial charge in [-0.05, 0) is 20.8 Å². The van der Waals surface area contributed by atoms with E-state index in [9.17, 15) is 4.39 Å². The Morgan fingerprint density at radius 1 is 1.46 bits per heavy atom. The monoisotopic (exact) mass is 206 g/mol. The van der Waals surface area contributed by atoms with Crippen LogP contribution >= 0.6 is 11.6 Å². The summed E-state index contributed by atoms with van der Waals surface area (Å²) < 4.78 is 19.2. The number of rotatable bonds is 1. The molecular weight excluding hydrogens is 195 g/mol. The number of hydrogen-bond acceptors (Lipinski definition) is 2. The van der Waals surface area contributed by atoms with Gasteiger partial charge < -0.3 is 4.74 Å². The topological polar surface area (TPSA) is 27.1 Å². The SMILES string of the molecule is COc1c(F)nn(C(C)(C)C)c1Cl. The Hall–Kier alpha value is -0.770. The molecule has 5 heteroatoms. The van der Waals surface area contributed by atoms with E-state index in [1.54, 1.807) is 0 Å². The first-order chi connectivity index (χ1) is 5.88. The van der Waals surface area contributed by atoms with E-state index in [1.807, 2.05) is 20.8 Å². The Labute approximate surface area is 81.4 Å². The van der Waals surface area contributed by atoms with Crippen LogP contribution in [0.4, 0.5) is 4.39 Å². The molecule has 0 fully saturated rings. The second-order valence-electron chi connectivity index (χ2n) is 3.70.